The molecule has 0 radical (unpaired) electrons. The van der Waals surface area contributed by atoms with Crippen molar-refractivity contribution in [2.24, 2.45) is 28.0 Å². The van der Waals surface area contributed by atoms with E-state index in [1.54, 1.807) is 0 Å². The zero-order valence-electron chi connectivity index (χ0n) is 21.9. The van der Waals surface area contributed by atoms with Gasteiger partial charge in [0.15, 0.2) is 0 Å². The SMILES string of the molecule is NS(=O)(=O)c1cc2c(cc1Cl)NC(C(Cl)Cl)NS2(=O)=O.NS(=O)(=O)c1cc2c(cc1Cl)NC(C1CC3C=CC1C3)NS2(=O)=O. The van der Waals surface area contributed by atoms with Crippen molar-refractivity contribution >= 4 is 97.9 Å². The first kappa shape index (κ1) is 33.9. The average molecular weight is 771 g/mol. The molecule has 0 aromatic heterocycles. The lowest BCUT2D eigenvalue weighted by molar-refractivity contribution is 0.363. The Morgan fingerprint density at radius 2 is 1.25 bits per heavy atom. The van der Waals surface area contributed by atoms with E-state index >= 15 is 0 Å². The van der Waals surface area contributed by atoms with Crippen LogP contribution in [0, 0.1) is 17.8 Å². The molecular weight excluding hydrogens is 746 g/mol. The number of hydrogen-bond donors (Lipinski definition) is 6. The molecule has 8 N–H and O–H groups in total. The van der Waals surface area contributed by atoms with E-state index in [4.69, 9.17) is 56.7 Å². The van der Waals surface area contributed by atoms with E-state index in [0.717, 1.165) is 31.0 Å². The zero-order valence-corrected chi connectivity index (χ0v) is 28.2. The van der Waals surface area contributed by atoms with Crippen LogP contribution in [0.2, 0.25) is 10.0 Å². The molecule has 5 unspecified atom stereocenters. The van der Waals surface area contributed by atoms with Crippen molar-refractivity contribution in [2.45, 2.75) is 49.6 Å². The van der Waals surface area contributed by atoms with Crippen LogP contribution in [0.15, 0.2) is 56.0 Å². The van der Waals surface area contributed by atoms with Crippen LogP contribution in [-0.4, -0.2) is 50.8 Å². The van der Waals surface area contributed by atoms with Gasteiger partial charge < -0.3 is 10.6 Å². The Labute approximate surface area is 274 Å². The van der Waals surface area contributed by atoms with Crippen molar-refractivity contribution in [3.63, 3.8) is 0 Å². The van der Waals surface area contributed by atoms with Crippen LogP contribution < -0.4 is 30.4 Å². The Bertz CT molecular complexity index is 2010. The number of alkyl halides is 2. The summed E-state index contributed by atoms with van der Waals surface area (Å²) in [6.45, 7) is 0. The molecule has 22 heteroatoms. The van der Waals surface area contributed by atoms with Gasteiger partial charge in [0, 0.05) is 5.92 Å². The summed E-state index contributed by atoms with van der Waals surface area (Å²) in [6.07, 6.45) is 4.87. The Kier molecular flexibility index (Phi) is 9.00. The number of rotatable bonds is 4. The van der Waals surface area contributed by atoms with Crippen LogP contribution in [0.25, 0.3) is 0 Å². The highest BCUT2D eigenvalue weighted by atomic mass is 35.5. The van der Waals surface area contributed by atoms with Crippen molar-refractivity contribution < 1.29 is 33.7 Å². The second kappa shape index (κ2) is 11.7. The molecule has 6 rings (SSSR count). The number of anilines is 2. The Hall–Kier alpha value is -1.42. The quantitative estimate of drug-likeness (QED) is 0.196. The summed E-state index contributed by atoms with van der Waals surface area (Å²) in [7, 11) is -16.1. The van der Waals surface area contributed by atoms with Gasteiger partial charge in [0.05, 0.1) is 27.6 Å². The third-order valence-electron chi connectivity index (χ3n) is 7.46. The summed E-state index contributed by atoms with van der Waals surface area (Å²) >= 11 is 23.0. The number of halogens is 4. The van der Waals surface area contributed by atoms with Gasteiger partial charge in [0.25, 0.3) is 0 Å². The first-order valence-corrected chi connectivity index (χ1v) is 20.1. The summed E-state index contributed by atoms with van der Waals surface area (Å²) in [6, 6.07) is 4.32. The number of nitrogens with two attached hydrogens (primary N) is 2. The summed E-state index contributed by atoms with van der Waals surface area (Å²) < 4.78 is 99.8. The first-order valence-electron chi connectivity index (χ1n) is 12.4. The first-order chi connectivity index (χ1) is 20.2. The smallest absolute Gasteiger partial charge is 0.244 e. The van der Waals surface area contributed by atoms with E-state index < -0.39 is 67.1 Å². The number of primary sulfonamides is 2. The lowest BCUT2D eigenvalue weighted by atomic mass is 9.91. The van der Waals surface area contributed by atoms with Crippen LogP contribution in [0.1, 0.15) is 12.8 Å². The van der Waals surface area contributed by atoms with E-state index in [1.165, 1.54) is 6.07 Å². The van der Waals surface area contributed by atoms with Crippen LogP contribution in [0.4, 0.5) is 11.4 Å². The molecule has 2 aliphatic heterocycles. The molecule has 44 heavy (non-hydrogen) atoms. The fourth-order valence-corrected chi connectivity index (χ4v) is 11.0. The predicted molar refractivity (Wildman–Crippen MR) is 165 cm³/mol. The fraction of sp³-hybridized carbons (Fsp3) is 0.364. The van der Waals surface area contributed by atoms with Crippen LogP contribution in [-0.2, 0) is 40.1 Å². The van der Waals surface area contributed by atoms with E-state index in [-0.39, 0.29) is 31.4 Å². The molecule has 2 aromatic rings. The number of fused-ring (bicyclic) bond motifs is 4. The van der Waals surface area contributed by atoms with Gasteiger partial charge in [-0.2, -0.15) is 9.44 Å². The minimum Gasteiger partial charge on any atom is -0.368 e. The molecule has 4 aliphatic rings. The standard InChI is InChI=1S/C14H16ClN3O4S2.C8H8Cl3N3O4S2/c15-10-5-11-13(6-12(10)23(16,19)20)24(21,22)18-14(17-11)9-4-7-1-2-8(9)3-7;9-3-1-4-6(2-5(3)19(12,15)16)20(17,18)14-8(13-4)7(10)11/h1-2,5-9,14,17-18H,3-4H2,(H2,16,19,20);1-2,7-8,13-14H,(H2,12,15,16). The van der Waals surface area contributed by atoms with Gasteiger partial charge in [-0.1, -0.05) is 35.4 Å². The zero-order chi connectivity index (χ0) is 32.6. The number of hydrogen-bond acceptors (Lipinski definition) is 10. The van der Waals surface area contributed by atoms with Crippen molar-refractivity contribution in [2.75, 3.05) is 10.6 Å². The molecule has 242 valence electrons. The molecule has 2 heterocycles. The maximum absolute atomic E-state index is 12.6. The van der Waals surface area contributed by atoms with Gasteiger partial charge in [-0.3, -0.25) is 0 Å². The van der Waals surface area contributed by atoms with Crippen molar-refractivity contribution in [1.82, 2.24) is 9.44 Å². The van der Waals surface area contributed by atoms with Crippen molar-refractivity contribution in [1.29, 1.82) is 0 Å². The Morgan fingerprint density at radius 1 is 0.750 bits per heavy atom. The molecule has 14 nitrogen and oxygen atoms in total. The van der Waals surface area contributed by atoms with E-state index in [9.17, 15) is 33.7 Å². The average Bonchev–Trinajstić information content (AvgIpc) is 3.50. The van der Waals surface area contributed by atoms with Gasteiger partial charge in [0.1, 0.15) is 30.6 Å². The molecule has 0 saturated heterocycles. The maximum atomic E-state index is 12.6. The molecule has 2 bridgehead atoms. The molecule has 1 saturated carbocycles. The fourth-order valence-electron chi connectivity index (χ4n) is 5.55. The third-order valence-corrected chi connectivity index (χ3v) is 13.7. The predicted octanol–water partition coefficient (Wildman–Crippen LogP) is 2.05. The van der Waals surface area contributed by atoms with Crippen LogP contribution in [0.3, 0.4) is 0 Å². The van der Waals surface area contributed by atoms with E-state index in [1.807, 2.05) is 0 Å². The van der Waals surface area contributed by atoms with Gasteiger partial charge in [0.2, 0.25) is 40.1 Å². The highest BCUT2D eigenvalue weighted by molar-refractivity contribution is 7.91. The normalized spacial score (nSPS) is 27.8. The molecule has 2 aliphatic carbocycles. The van der Waals surface area contributed by atoms with Gasteiger partial charge in [-0.15, -0.1) is 23.2 Å². The number of benzene rings is 2. The van der Waals surface area contributed by atoms with Crippen molar-refractivity contribution in [3.8, 4) is 0 Å². The number of allylic oxidation sites excluding steroid dienone is 2. The molecule has 5 atom stereocenters. The molecular formula is C22H24Cl4N6O8S4. The summed E-state index contributed by atoms with van der Waals surface area (Å²) in [4.78, 5) is -2.43. The minimum absolute atomic E-state index is 0.0810. The summed E-state index contributed by atoms with van der Waals surface area (Å²) in [5.41, 5.74) is 0.375. The molecule has 0 spiro atoms. The van der Waals surface area contributed by atoms with E-state index in [0.29, 0.717) is 17.5 Å². The Balaban J connectivity index is 0.000000178. The van der Waals surface area contributed by atoms with Crippen molar-refractivity contribution in [3.05, 3.63) is 46.5 Å². The van der Waals surface area contributed by atoms with Gasteiger partial charge in [-0.05, 0) is 48.9 Å². The maximum Gasteiger partial charge on any atom is 0.244 e. The molecule has 0 amide bonds. The minimum atomic E-state index is -4.15. The van der Waals surface area contributed by atoms with Crippen LogP contribution >= 0.6 is 46.4 Å². The topological polar surface area (TPSA) is 237 Å². The largest absolute Gasteiger partial charge is 0.368 e. The second-order valence-electron chi connectivity index (χ2n) is 10.4. The van der Waals surface area contributed by atoms with E-state index in [2.05, 4.69) is 32.2 Å². The van der Waals surface area contributed by atoms with Gasteiger partial charge in [-0.25, -0.2) is 43.9 Å². The number of nitrogens with one attached hydrogen (secondary N) is 4. The third kappa shape index (κ3) is 6.68. The van der Waals surface area contributed by atoms with Gasteiger partial charge >= 0.3 is 0 Å². The Morgan fingerprint density at radius 3 is 1.68 bits per heavy atom. The highest BCUT2D eigenvalue weighted by Crippen LogP contribution is 2.46. The lowest BCUT2D eigenvalue weighted by Crippen LogP contribution is -2.50. The monoisotopic (exact) mass is 768 g/mol. The second-order valence-corrected chi connectivity index (χ2v) is 18.8. The number of sulfonamides is 4. The lowest BCUT2D eigenvalue weighted by Gasteiger charge is -2.35. The summed E-state index contributed by atoms with van der Waals surface area (Å²) in [5.74, 6) is 0.997. The summed E-state index contributed by atoms with van der Waals surface area (Å²) in [5, 5.41) is 15.6. The molecule has 1 fully saturated rings. The highest BCUT2D eigenvalue weighted by Gasteiger charge is 2.44. The van der Waals surface area contributed by atoms with Crippen LogP contribution in [0.5, 0.6) is 0 Å². The molecule has 2 aromatic carbocycles.